The maximum atomic E-state index is 13.3. The molecule has 1 amide bonds. The van der Waals surface area contributed by atoms with Crippen molar-refractivity contribution in [2.24, 2.45) is 11.1 Å². The van der Waals surface area contributed by atoms with Crippen LogP contribution in [0.4, 0.5) is 0 Å². The Balaban J connectivity index is 1.86. The van der Waals surface area contributed by atoms with Crippen LogP contribution in [0.3, 0.4) is 0 Å². The third-order valence-electron chi connectivity index (χ3n) is 5.05. The largest absolute Gasteiger partial charge is 0.493 e. The lowest BCUT2D eigenvalue weighted by Gasteiger charge is -2.41. The predicted molar refractivity (Wildman–Crippen MR) is 118 cm³/mol. The topological polar surface area (TPSA) is 89.7 Å². The van der Waals surface area contributed by atoms with E-state index in [1.165, 1.54) is 22.5 Å². The van der Waals surface area contributed by atoms with Crippen LogP contribution >= 0.6 is 34.8 Å². The van der Waals surface area contributed by atoms with Gasteiger partial charge in [-0.3, -0.25) is 4.79 Å². The van der Waals surface area contributed by atoms with Gasteiger partial charge in [0.15, 0.2) is 0 Å². The zero-order valence-corrected chi connectivity index (χ0v) is 19.1. The lowest BCUT2D eigenvalue weighted by molar-refractivity contribution is -0.121. The summed E-state index contributed by atoms with van der Waals surface area (Å²) in [7, 11) is -3.92. The number of hydrogen-bond donors (Lipinski definition) is 1. The van der Waals surface area contributed by atoms with Crippen LogP contribution in [0.1, 0.15) is 19.3 Å². The smallest absolute Gasteiger partial charge is 0.244 e. The van der Waals surface area contributed by atoms with Gasteiger partial charge in [-0.15, -0.1) is 0 Å². The fourth-order valence-electron chi connectivity index (χ4n) is 3.63. The number of nitrogens with two attached hydrogens (primary N) is 1. The first kappa shape index (κ1) is 23.2. The van der Waals surface area contributed by atoms with Crippen LogP contribution in [0.2, 0.25) is 15.1 Å². The number of carbonyl (C=O) groups is 1. The van der Waals surface area contributed by atoms with Gasteiger partial charge in [0.05, 0.1) is 11.6 Å². The van der Waals surface area contributed by atoms with Gasteiger partial charge in [-0.1, -0.05) is 34.8 Å². The van der Waals surface area contributed by atoms with Crippen molar-refractivity contribution >= 4 is 50.7 Å². The highest BCUT2D eigenvalue weighted by Crippen LogP contribution is 2.38. The molecule has 2 N–H and O–H groups in total. The lowest BCUT2D eigenvalue weighted by atomic mass is 9.78. The monoisotopic (exact) mass is 490 g/mol. The molecule has 1 aliphatic heterocycles. The quantitative estimate of drug-likeness (QED) is 0.623. The van der Waals surface area contributed by atoms with E-state index in [4.69, 9.17) is 45.3 Å². The van der Waals surface area contributed by atoms with Crippen molar-refractivity contribution in [2.45, 2.75) is 24.2 Å². The maximum absolute atomic E-state index is 13.3. The molecule has 0 aromatic heterocycles. The molecule has 0 spiro atoms. The standard InChI is InChI=1S/C20H21Cl3N2O4S/c21-14-2-5-16(6-3-14)29-13-20(11-19(24)26)8-1-9-25(12-20)30(27,28)18-10-15(22)4-7-17(18)23/h2-7,10H,1,8-9,11-13H2,(H2,24,26)/t20-/m0/s1. The molecule has 3 rings (SSSR count). The molecule has 6 nitrogen and oxygen atoms in total. The Bertz CT molecular complexity index is 1030. The van der Waals surface area contributed by atoms with Gasteiger partial charge in [0, 0.05) is 35.0 Å². The van der Waals surface area contributed by atoms with E-state index in [0.717, 1.165) is 0 Å². The van der Waals surface area contributed by atoms with Gasteiger partial charge in [0.25, 0.3) is 0 Å². The Morgan fingerprint density at radius 3 is 2.43 bits per heavy atom. The second-order valence-electron chi connectivity index (χ2n) is 7.40. The van der Waals surface area contributed by atoms with E-state index >= 15 is 0 Å². The molecule has 1 fully saturated rings. The normalized spacial score (nSPS) is 20.1. The molecular weight excluding hydrogens is 471 g/mol. The molecule has 0 saturated carbocycles. The first-order chi connectivity index (χ1) is 14.1. The fourth-order valence-corrected chi connectivity index (χ4v) is 6.09. The number of hydrogen-bond acceptors (Lipinski definition) is 4. The van der Waals surface area contributed by atoms with E-state index in [0.29, 0.717) is 30.2 Å². The minimum absolute atomic E-state index is 0.00408. The summed E-state index contributed by atoms with van der Waals surface area (Å²) in [5, 5.41) is 0.926. The molecule has 162 valence electrons. The number of primary amides is 1. The second-order valence-corrected chi connectivity index (χ2v) is 10.6. The molecule has 0 unspecified atom stereocenters. The van der Waals surface area contributed by atoms with E-state index in [-0.39, 0.29) is 34.5 Å². The average molecular weight is 492 g/mol. The third kappa shape index (κ3) is 5.39. The third-order valence-corrected chi connectivity index (χ3v) is 7.86. The van der Waals surface area contributed by atoms with E-state index < -0.39 is 21.3 Å². The van der Waals surface area contributed by atoms with Crippen molar-refractivity contribution < 1.29 is 17.9 Å². The summed E-state index contributed by atoms with van der Waals surface area (Å²) in [6.45, 7) is 0.508. The second kappa shape index (κ2) is 9.32. The van der Waals surface area contributed by atoms with Crippen LogP contribution in [0.5, 0.6) is 5.75 Å². The Morgan fingerprint density at radius 1 is 1.10 bits per heavy atom. The zero-order valence-electron chi connectivity index (χ0n) is 16.0. The average Bonchev–Trinajstić information content (AvgIpc) is 2.69. The summed E-state index contributed by atoms with van der Waals surface area (Å²) in [6.07, 6.45) is 1.14. The summed E-state index contributed by atoms with van der Waals surface area (Å²) >= 11 is 18.0. The number of piperidine rings is 1. The van der Waals surface area contributed by atoms with E-state index in [9.17, 15) is 13.2 Å². The molecule has 0 bridgehead atoms. The minimum atomic E-state index is -3.92. The van der Waals surface area contributed by atoms with Crippen molar-refractivity contribution in [1.29, 1.82) is 0 Å². The molecular formula is C20H21Cl3N2O4S. The highest BCUT2D eigenvalue weighted by Gasteiger charge is 2.42. The van der Waals surface area contributed by atoms with Crippen LogP contribution in [-0.4, -0.2) is 38.3 Å². The predicted octanol–water partition coefficient (Wildman–Crippen LogP) is 4.37. The molecule has 2 aromatic rings. The molecule has 2 aromatic carbocycles. The molecule has 1 saturated heterocycles. The van der Waals surface area contributed by atoms with Crippen LogP contribution in [-0.2, 0) is 14.8 Å². The van der Waals surface area contributed by atoms with E-state index in [1.54, 1.807) is 24.3 Å². The van der Waals surface area contributed by atoms with Gasteiger partial charge >= 0.3 is 0 Å². The first-order valence-corrected chi connectivity index (χ1v) is 11.8. The number of nitrogens with zero attached hydrogens (tertiary/aromatic N) is 1. The fraction of sp³-hybridized carbons (Fsp3) is 0.350. The Labute approximate surface area is 190 Å². The molecule has 1 atom stereocenters. The summed E-state index contributed by atoms with van der Waals surface area (Å²) in [6, 6.07) is 11.1. The molecule has 1 heterocycles. The van der Waals surface area contributed by atoms with Gasteiger partial charge in [0.1, 0.15) is 10.6 Å². The van der Waals surface area contributed by atoms with Crippen molar-refractivity contribution in [3.8, 4) is 5.75 Å². The Hall–Kier alpha value is -1.51. The van der Waals surface area contributed by atoms with Gasteiger partial charge in [-0.25, -0.2) is 8.42 Å². The summed E-state index contributed by atoms with van der Waals surface area (Å²) < 4.78 is 33.7. The van der Waals surface area contributed by atoms with Crippen LogP contribution < -0.4 is 10.5 Å². The van der Waals surface area contributed by atoms with Crippen LogP contribution in [0.15, 0.2) is 47.4 Å². The van der Waals surface area contributed by atoms with Gasteiger partial charge in [-0.05, 0) is 55.3 Å². The summed E-state index contributed by atoms with van der Waals surface area (Å²) in [4.78, 5) is 11.7. The molecule has 0 radical (unpaired) electrons. The number of rotatable bonds is 7. The van der Waals surface area contributed by atoms with E-state index in [2.05, 4.69) is 0 Å². The van der Waals surface area contributed by atoms with Gasteiger partial charge < -0.3 is 10.5 Å². The number of benzene rings is 2. The number of sulfonamides is 1. The zero-order chi connectivity index (χ0) is 21.9. The Morgan fingerprint density at radius 2 is 1.77 bits per heavy atom. The number of carbonyl (C=O) groups excluding carboxylic acids is 1. The number of amides is 1. The first-order valence-electron chi connectivity index (χ1n) is 9.23. The van der Waals surface area contributed by atoms with E-state index in [1.807, 2.05) is 0 Å². The minimum Gasteiger partial charge on any atom is -0.493 e. The maximum Gasteiger partial charge on any atom is 0.244 e. The highest BCUT2D eigenvalue weighted by molar-refractivity contribution is 7.89. The molecule has 10 heteroatoms. The highest BCUT2D eigenvalue weighted by atomic mass is 35.5. The van der Waals surface area contributed by atoms with Crippen LogP contribution in [0.25, 0.3) is 0 Å². The number of ether oxygens (including phenoxy) is 1. The van der Waals surface area contributed by atoms with Crippen LogP contribution in [0, 0.1) is 5.41 Å². The molecule has 1 aliphatic rings. The SMILES string of the molecule is NC(=O)C[C@@]1(COc2ccc(Cl)cc2)CCCN(S(=O)(=O)c2cc(Cl)ccc2Cl)C1. The molecule has 30 heavy (non-hydrogen) atoms. The van der Waals surface area contributed by atoms with Crippen molar-refractivity contribution in [1.82, 2.24) is 4.31 Å². The summed E-state index contributed by atoms with van der Waals surface area (Å²) in [5.41, 5.74) is 4.73. The summed E-state index contributed by atoms with van der Waals surface area (Å²) in [5.74, 6) is 0.0517. The Kier molecular flexibility index (Phi) is 7.20. The van der Waals surface area contributed by atoms with Gasteiger partial charge in [-0.2, -0.15) is 4.31 Å². The molecule has 0 aliphatic carbocycles. The van der Waals surface area contributed by atoms with Crippen molar-refractivity contribution in [2.75, 3.05) is 19.7 Å². The van der Waals surface area contributed by atoms with Crippen molar-refractivity contribution in [3.63, 3.8) is 0 Å². The number of halogens is 3. The van der Waals surface area contributed by atoms with Crippen molar-refractivity contribution in [3.05, 3.63) is 57.5 Å². The lowest BCUT2D eigenvalue weighted by Crippen LogP contribution is -2.50. The van der Waals surface area contributed by atoms with Gasteiger partial charge in [0.2, 0.25) is 15.9 Å².